The Morgan fingerprint density at radius 2 is 1.68 bits per heavy atom. The van der Waals surface area contributed by atoms with Gasteiger partial charge in [-0.3, -0.25) is 14.9 Å². The molecule has 2 aromatic carbocycles. The number of anilines is 2. The van der Waals surface area contributed by atoms with Gasteiger partial charge >= 0.3 is 6.18 Å². The van der Waals surface area contributed by atoms with Gasteiger partial charge in [-0.25, -0.2) is 0 Å². The molecule has 200 valence electrons. The Kier molecular flexibility index (Phi) is 8.46. The van der Waals surface area contributed by atoms with Crippen molar-refractivity contribution in [3.8, 4) is 0 Å². The minimum atomic E-state index is -4.80. The highest BCUT2D eigenvalue weighted by atomic mass is 35.5. The van der Waals surface area contributed by atoms with Gasteiger partial charge in [-0.1, -0.05) is 11.6 Å². The lowest BCUT2D eigenvalue weighted by molar-refractivity contribution is -0.388. The smallest absolute Gasteiger partial charge is 0.382 e. The molecule has 11 heteroatoms. The molecule has 0 atom stereocenters. The number of hydrogen-bond donors (Lipinski definition) is 1. The SMILES string of the molecule is O=C(CCC1CCC(Nc2ccc([N+](=O)[O-])c(C(F)(F)F)c2)CC1)N1CCN(c2ccc(Cl)cc2)CC1. The number of benzene rings is 2. The second kappa shape index (κ2) is 11.6. The van der Waals surface area contributed by atoms with Gasteiger partial charge in [-0.15, -0.1) is 0 Å². The fourth-order valence-corrected chi connectivity index (χ4v) is 5.32. The van der Waals surface area contributed by atoms with E-state index in [-0.39, 0.29) is 17.6 Å². The molecule has 2 fully saturated rings. The van der Waals surface area contributed by atoms with Crippen LogP contribution in [0.1, 0.15) is 44.1 Å². The van der Waals surface area contributed by atoms with Crippen molar-refractivity contribution in [1.29, 1.82) is 0 Å². The normalized spacial score (nSPS) is 20.5. The van der Waals surface area contributed by atoms with Crippen LogP contribution in [0.2, 0.25) is 5.02 Å². The molecule has 1 saturated heterocycles. The first kappa shape index (κ1) is 27.0. The summed E-state index contributed by atoms with van der Waals surface area (Å²) in [5.74, 6) is 0.571. The molecule has 1 saturated carbocycles. The molecule has 0 unspecified atom stereocenters. The number of nitrogens with one attached hydrogen (secondary N) is 1. The Labute approximate surface area is 218 Å². The summed E-state index contributed by atoms with van der Waals surface area (Å²) in [6, 6.07) is 10.7. The molecule has 2 aromatic rings. The zero-order valence-electron chi connectivity index (χ0n) is 20.3. The standard InChI is InChI=1S/C26H30ClF3N4O3/c27-19-4-9-22(10-5-19)32-13-15-33(16-14-32)25(35)12-3-18-1-6-20(7-2-18)31-21-8-11-24(34(36)37)23(17-21)26(28,29)30/h4-5,8-11,17-18,20,31H,1-3,6-7,12-16H2. The number of alkyl halides is 3. The second-order valence-electron chi connectivity index (χ2n) is 9.73. The van der Waals surface area contributed by atoms with E-state index in [0.717, 1.165) is 63.0 Å². The summed E-state index contributed by atoms with van der Waals surface area (Å²) in [6.07, 6.45) is -0.177. The number of carbonyl (C=O) groups excluding carboxylic acids is 1. The van der Waals surface area contributed by atoms with E-state index in [1.165, 1.54) is 6.07 Å². The molecule has 1 amide bonds. The second-order valence-corrected chi connectivity index (χ2v) is 10.2. The maximum atomic E-state index is 13.2. The topological polar surface area (TPSA) is 78.7 Å². The summed E-state index contributed by atoms with van der Waals surface area (Å²) in [5.41, 5.74) is -0.860. The van der Waals surface area contributed by atoms with Crippen LogP contribution in [0.4, 0.5) is 30.2 Å². The van der Waals surface area contributed by atoms with Gasteiger partial charge in [-0.2, -0.15) is 13.2 Å². The highest BCUT2D eigenvalue weighted by Crippen LogP contribution is 2.38. The first-order valence-corrected chi connectivity index (χ1v) is 12.9. The van der Waals surface area contributed by atoms with Gasteiger partial charge in [-0.05, 0) is 74.4 Å². The lowest BCUT2D eigenvalue weighted by Gasteiger charge is -2.36. The maximum absolute atomic E-state index is 13.2. The van der Waals surface area contributed by atoms with Crippen LogP contribution in [0.3, 0.4) is 0 Å². The van der Waals surface area contributed by atoms with E-state index >= 15 is 0 Å². The molecular formula is C26H30ClF3N4O3. The highest BCUT2D eigenvalue weighted by Gasteiger charge is 2.38. The molecular weight excluding hydrogens is 509 g/mol. The van der Waals surface area contributed by atoms with Crippen molar-refractivity contribution in [2.45, 2.75) is 50.7 Å². The zero-order chi connectivity index (χ0) is 26.6. The summed E-state index contributed by atoms with van der Waals surface area (Å²) in [7, 11) is 0. The molecule has 1 aliphatic carbocycles. The first-order chi connectivity index (χ1) is 17.6. The van der Waals surface area contributed by atoms with Crippen LogP contribution in [0.25, 0.3) is 0 Å². The molecule has 1 aliphatic heterocycles. The lowest BCUT2D eigenvalue weighted by Crippen LogP contribution is -2.48. The fraction of sp³-hybridized carbons (Fsp3) is 0.500. The molecule has 2 aliphatic rings. The number of amides is 1. The number of hydrogen-bond acceptors (Lipinski definition) is 5. The molecule has 1 heterocycles. The molecule has 4 rings (SSSR count). The molecule has 1 N–H and O–H groups in total. The Hall–Kier alpha value is -3.01. The number of piperazine rings is 1. The summed E-state index contributed by atoms with van der Waals surface area (Å²) in [6.45, 7) is 2.94. The van der Waals surface area contributed by atoms with E-state index in [1.54, 1.807) is 0 Å². The number of halogens is 4. The Morgan fingerprint density at radius 1 is 1.03 bits per heavy atom. The Morgan fingerprint density at radius 3 is 2.27 bits per heavy atom. The van der Waals surface area contributed by atoms with Crippen molar-refractivity contribution in [2.24, 2.45) is 5.92 Å². The highest BCUT2D eigenvalue weighted by molar-refractivity contribution is 6.30. The van der Waals surface area contributed by atoms with E-state index in [9.17, 15) is 28.1 Å². The van der Waals surface area contributed by atoms with Crippen molar-refractivity contribution < 1.29 is 22.9 Å². The van der Waals surface area contributed by atoms with Crippen molar-refractivity contribution in [3.05, 3.63) is 63.2 Å². The van der Waals surface area contributed by atoms with Gasteiger partial charge in [0.2, 0.25) is 5.91 Å². The average molecular weight is 539 g/mol. The number of carbonyl (C=O) groups is 1. The molecule has 0 aromatic heterocycles. The number of nitro benzene ring substituents is 1. The Balaban J connectivity index is 1.20. The van der Waals surface area contributed by atoms with Gasteiger partial charge < -0.3 is 15.1 Å². The van der Waals surface area contributed by atoms with E-state index in [2.05, 4.69) is 10.2 Å². The van der Waals surface area contributed by atoms with Crippen LogP contribution in [0.15, 0.2) is 42.5 Å². The van der Waals surface area contributed by atoms with Crippen LogP contribution in [-0.4, -0.2) is 48.0 Å². The zero-order valence-corrected chi connectivity index (χ0v) is 21.1. The third-order valence-electron chi connectivity index (χ3n) is 7.31. The third-order valence-corrected chi connectivity index (χ3v) is 7.56. The maximum Gasteiger partial charge on any atom is 0.423 e. The quantitative estimate of drug-likeness (QED) is 0.327. The van der Waals surface area contributed by atoms with Crippen LogP contribution in [0, 0.1) is 16.0 Å². The molecule has 0 spiro atoms. The van der Waals surface area contributed by atoms with E-state index in [1.807, 2.05) is 29.2 Å². The minimum Gasteiger partial charge on any atom is -0.382 e. The van der Waals surface area contributed by atoms with E-state index in [4.69, 9.17) is 11.6 Å². The summed E-state index contributed by atoms with van der Waals surface area (Å²) in [5, 5.41) is 14.8. The van der Waals surface area contributed by atoms with Crippen LogP contribution >= 0.6 is 11.6 Å². The Bertz CT molecular complexity index is 1100. The van der Waals surface area contributed by atoms with Gasteiger partial charge in [0.1, 0.15) is 5.56 Å². The monoisotopic (exact) mass is 538 g/mol. The largest absolute Gasteiger partial charge is 0.423 e. The predicted molar refractivity (Wildman–Crippen MR) is 137 cm³/mol. The first-order valence-electron chi connectivity index (χ1n) is 12.5. The average Bonchev–Trinajstić information content (AvgIpc) is 2.88. The molecule has 0 radical (unpaired) electrons. The van der Waals surface area contributed by atoms with Crippen molar-refractivity contribution in [3.63, 3.8) is 0 Å². The van der Waals surface area contributed by atoms with Crippen LogP contribution in [0.5, 0.6) is 0 Å². The van der Waals surface area contributed by atoms with E-state index < -0.39 is 22.4 Å². The summed E-state index contributed by atoms with van der Waals surface area (Å²) >= 11 is 5.96. The third kappa shape index (κ3) is 7.06. The molecule has 0 bridgehead atoms. The lowest BCUT2D eigenvalue weighted by atomic mass is 9.83. The number of nitrogens with zero attached hydrogens (tertiary/aromatic N) is 3. The number of nitro groups is 1. The van der Waals surface area contributed by atoms with Crippen LogP contribution in [-0.2, 0) is 11.0 Å². The van der Waals surface area contributed by atoms with Crippen molar-refractivity contribution in [2.75, 3.05) is 36.4 Å². The molecule has 37 heavy (non-hydrogen) atoms. The van der Waals surface area contributed by atoms with Crippen molar-refractivity contribution in [1.82, 2.24) is 4.90 Å². The van der Waals surface area contributed by atoms with Gasteiger partial charge in [0.05, 0.1) is 4.92 Å². The summed E-state index contributed by atoms with van der Waals surface area (Å²) < 4.78 is 39.7. The van der Waals surface area contributed by atoms with Gasteiger partial charge in [0.15, 0.2) is 0 Å². The minimum absolute atomic E-state index is 0.00423. The fourth-order valence-electron chi connectivity index (χ4n) is 5.19. The van der Waals surface area contributed by atoms with Crippen molar-refractivity contribution >= 4 is 34.6 Å². The predicted octanol–water partition coefficient (Wildman–Crippen LogP) is 6.37. The van der Waals surface area contributed by atoms with E-state index in [0.29, 0.717) is 30.5 Å². The van der Waals surface area contributed by atoms with Crippen LogP contribution < -0.4 is 10.2 Å². The number of rotatable bonds is 7. The molecule has 7 nitrogen and oxygen atoms in total. The summed E-state index contributed by atoms with van der Waals surface area (Å²) in [4.78, 5) is 26.9. The van der Waals surface area contributed by atoms with Gasteiger partial charge in [0, 0.05) is 61.1 Å². The van der Waals surface area contributed by atoms with Gasteiger partial charge in [0.25, 0.3) is 5.69 Å².